The number of phenols is 1. The van der Waals surface area contributed by atoms with Crippen molar-refractivity contribution in [1.29, 1.82) is 0 Å². The van der Waals surface area contributed by atoms with E-state index >= 15 is 0 Å². The van der Waals surface area contributed by atoms with E-state index in [1.165, 1.54) is 11.8 Å². The van der Waals surface area contributed by atoms with Crippen LogP contribution in [0.3, 0.4) is 0 Å². The summed E-state index contributed by atoms with van der Waals surface area (Å²) >= 11 is 1.38. The first kappa shape index (κ1) is 16.3. The van der Waals surface area contributed by atoms with Crippen LogP contribution in [0.4, 0.5) is 5.82 Å². The van der Waals surface area contributed by atoms with Crippen molar-refractivity contribution in [1.82, 2.24) is 9.55 Å². The first-order valence-corrected chi connectivity index (χ1v) is 8.43. The van der Waals surface area contributed by atoms with Crippen LogP contribution in [0.25, 0.3) is 0 Å². The Morgan fingerprint density at radius 1 is 1.50 bits per heavy atom. The summed E-state index contributed by atoms with van der Waals surface area (Å²) in [5.41, 5.74) is 0.810. The Labute approximate surface area is 143 Å². The normalized spacial score (nSPS) is 16.4. The molecule has 1 atom stereocenters. The van der Waals surface area contributed by atoms with E-state index in [1.54, 1.807) is 42.0 Å². The lowest BCUT2D eigenvalue weighted by molar-refractivity contribution is -0.116. The molecule has 1 unspecified atom stereocenters. The predicted octanol–water partition coefficient (Wildman–Crippen LogP) is 2.24. The van der Waals surface area contributed by atoms with Crippen LogP contribution >= 0.6 is 11.8 Å². The highest BCUT2D eigenvalue weighted by atomic mass is 32.2. The summed E-state index contributed by atoms with van der Waals surface area (Å²) in [5, 5.41) is 13.0. The Morgan fingerprint density at radius 2 is 2.29 bits per heavy atom. The molecule has 0 fully saturated rings. The minimum Gasteiger partial charge on any atom is -0.508 e. The summed E-state index contributed by atoms with van der Waals surface area (Å²) in [6, 6.07) is 6.63. The number of nitrogens with zero attached hydrogens (tertiary/aromatic N) is 2. The third-order valence-electron chi connectivity index (χ3n) is 3.90. The monoisotopic (exact) mass is 343 g/mol. The first-order valence-electron chi connectivity index (χ1n) is 7.44. The van der Waals surface area contributed by atoms with Crippen LogP contribution in [0, 0.1) is 0 Å². The van der Waals surface area contributed by atoms with Gasteiger partial charge in [0.1, 0.15) is 11.6 Å². The summed E-state index contributed by atoms with van der Waals surface area (Å²) < 4.78 is 1.72. The number of carbonyl (C=O) groups is 1. The van der Waals surface area contributed by atoms with E-state index in [4.69, 9.17) is 0 Å². The molecule has 2 heterocycles. The number of anilines is 1. The van der Waals surface area contributed by atoms with Crippen molar-refractivity contribution in [3.8, 4) is 5.75 Å². The van der Waals surface area contributed by atoms with Gasteiger partial charge in [0.05, 0.1) is 5.56 Å². The Bertz CT molecular complexity index is 876. The van der Waals surface area contributed by atoms with Gasteiger partial charge in [0.25, 0.3) is 5.56 Å². The van der Waals surface area contributed by atoms with E-state index in [1.807, 2.05) is 0 Å². The zero-order chi connectivity index (χ0) is 17.3. The summed E-state index contributed by atoms with van der Waals surface area (Å²) in [6.45, 7) is 3.66. The average molecular weight is 343 g/mol. The molecule has 1 aliphatic heterocycles. The molecular weight excluding hydrogens is 326 g/mol. The Morgan fingerprint density at radius 3 is 3.00 bits per heavy atom. The number of aromatic hydroxyl groups is 1. The van der Waals surface area contributed by atoms with Crippen molar-refractivity contribution in [2.45, 2.75) is 17.5 Å². The second-order valence-corrected chi connectivity index (χ2v) is 6.51. The van der Waals surface area contributed by atoms with Crippen LogP contribution in [0.1, 0.15) is 23.5 Å². The van der Waals surface area contributed by atoms with Crippen LogP contribution in [0.5, 0.6) is 5.75 Å². The summed E-state index contributed by atoms with van der Waals surface area (Å²) in [6.07, 6.45) is 1.87. The molecule has 2 aromatic rings. The molecule has 3 rings (SSSR count). The molecule has 1 aromatic carbocycles. The van der Waals surface area contributed by atoms with Crippen LogP contribution in [0.2, 0.25) is 0 Å². The van der Waals surface area contributed by atoms with Gasteiger partial charge in [-0.05, 0) is 17.7 Å². The molecule has 0 bridgehead atoms. The van der Waals surface area contributed by atoms with Crippen molar-refractivity contribution in [2.24, 2.45) is 7.05 Å². The third kappa shape index (κ3) is 2.94. The lowest BCUT2D eigenvalue weighted by atomic mass is 9.86. The van der Waals surface area contributed by atoms with Gasteiger partial charge in [-0.1, -0.05) is 30.0 Å². The van der Waals surface area contributed by atoms with Crippen molar-refractivity contribution in [3.63, 3.8) is 0 Å². The van der Waals surface area contributed by atoms with Crippen molar-refractivity contribution in [3.05, 3.63) is 58.4 Å². The number of nitrogens with one attached hydrogen (secondary N) is 1. The van der Waals surface area contributed by atoms with Gasteiger partial charge in [-0.3, -0.25) is 9.59 Å². The second-order valence-electron chi connectivity index (χ2n) is 5.52. The fourth-order valence-electron chi connectivity index (χ4n) is 2.82. The SMILES string of the molecule is C=CCSc1nc(=O)c2c(n1C)NC(=O)CC2c1cccc(O)c1. The number of hydrogen-bond acceptors (Lipinski definition) is 5. The number of carbonyl (C=O) groups excluding carboxylic acids is 1. The van der Waals surface area contributed by atoms with Crippen molar-refractivity contribution in [2.75, 3.05) is 11.1 Å². The maximum absolute atomic E-state index is 12.6. The fourth-order valence-corrected chi connectivity index (χ4v) is 3.52. The molecule has 1 amide bonds. The van der Waals surface area contributed by atoms with Gasteiger partial charge in [0, 0.05) is 25.1 Å². The number of fused-ring (bicyclic) bond motifs is 1. The summed E-state index contributed by atoms with van der Waals surface area (Å²) in [5.74, 6) is 0.583. The molecule has 0 saturated heterocycles. The zero-order valence-electron chi connectivity index (χ0n) is 13.2. The highest BCUT2D eigenvalue weighted by molar-refractivity contribution is 7.99. The molecule has 7 heteroatoms. The summed E-state index contributed by atoms with van der Waals surface area (Å²) in [4.78, 5) is 28.9. The van der Waals surface area contributed by atoms with Crippen LogP contribution in [-0.4, -0.2) is 26.3 Å². The number of thioether (sulfide) groups is 1. The smallest absolute Gasteiger partial charge is 0.279 e. The number of benzene rings is 1. The lowest BCUT2D eigenvalue weighted by Crippen LogP contribution is -2.33. The average Bonchev–Trinajstić information content (AvgIpc) is 2.56. The van der Waals surface area contributed by atoms with E-state index in [9.17, 15) is 14.7 Å². The largest absolute Gasteiger partial charge is 0.508 e. The zero-order valence-corrected chi connectivity index (χ0v) is 14.0. The standard InChI is InChI=1S/C17H17N3O3S/c1-3-7-24-17-19-16(23)14-12(10-5-4-6-11(21)8-10)9-13(22)18-15(14)20(17)2/h3-6,8,12,21H,1,7,9H2,2H3,(H,18,22). The van der Waals surface area contributed by atoms with Gasteiger partial charge in [-0.25, -0.2) is 0 Å². The highest BCUT2D eigenvalue weighted by Gasteiger charge is 2.32. The molecule has 2 N–H and O–H groups in total. The molecule has 124 valence electrons. The molecule has 0 radical (unpaired) electrons. The highest BCUT2D eigenvalue weighted by Crippen LogP contribution is 2.36. The predicted molar refractivity (Wildman–Crippen MR) is 93.6 cm³/mol. The second kappa shape index (κ2) is 6.52. The number of hydrogen-bond donors (Lipinski definition) is 2. The maximum Gasteiger partial charge on any atom is 0.279 e. The molecule has 1 aromatic heterocycles. The van der Waals surface area contributed by atoms with Crippen LogP contribution in [0.15, 0.2) is 46.9 Å². The Hall–Kier alpha value is -2.54. The molecule has 0 spiro atoms. The lowest BCUT2D eigenvalue weighted by Gasteiger charge is -2.27. The fraction of sp³-hybridized carbons (Fsp3) is 0.235. The molecule has 0 saturated carbocycles. The number of aromatic nitrogens is 2. The van der Waals surface area contributed by atoms with Gasteiger partial charge < -0.3 is 15.0 Å². The van der Waals surface area contributed by atoms with E-state index in [2.05, 4.69) is 16.9 Å². The van der Waals surface area contributed by atoms with E-state index in [0.29, 0.717) is 22.3 Å². The molecule has 0 aliphatic carbocycles. The van der Waals surface area contributed by atoms with Gasteiger partial charge in [0.2, 0.25) is 5.91 Å². The van der Waals surface area contributed by atoms with Crippen molar-refractivity contribution >= 4 is 23.5 Å². The molecule has 6 nitrogen and oxygen atoms in total. The Balaban J connectivity index is 2.16. The van der Waals surface area contributed by atoms with Gasteiger partial charge in [0.15, 0.2) is 5.16 Å². The quantitative estimate of drug-likeness (QED) is 0.505. The third-order valence-corrected chi connectivity index (χ3v) is 4.93. The van der Waals surface area contributed by atoms with Crippen molar-refractivity contribution < 1.29 is 9.90 Å². The van der Waals surface area contributed by atoms with Crippen LogP contribution < -0.4 is 10.9 Å². The number of rotatable bonds is 4. The minimum atomic E-state index is -0.425. The number of phenolic OH excluding ortho intramolecular Hbond substituents is 1. The molecule has 1 aliphatic rings. The van der Waals surface area contributed by atoms with Crippen LogP contribution in [-0.2, 0) is 11.8 Å². The maximum atomic E-state index is 12.6. The van der Waals surface area contributed by atoms with Gasteiger partial charge in [-0.15, -0.1) is 6.58 Å². The first-order chi connectivity index (χ1) is 11.5. The van der Waals surface area contributed by atoms with E-state index in [0.717, 1.165) is 5.56 Å². The van der Waals surface area contributed by atoms with Gasteiger partial charge in [-0.2, -0.15) is 4.98 Å². The molecule has 24 heavy (non-hydrogen) atoms. The topological polar surface area (TPSA) is 84.2 Å². The van der Waals surface area contributed by atoms with Gasteiger partial charge >= 0.3 is 0 Å². The minimum absolute atomic E-state index is 0.1000. The number of amides is 1. The van der Waals surface area contributed by atoms with E-state index in [-0.39, 0.29) is 23.6 Å². The summed E-state index contributed by atoms with van der Waals surface area (Å²) in [7, 11) is 1.77. The Kier molecular flexibility index (Phi) is 4.44. The molecular formula is C17H17N3O3S. The van der Waals surface area contributed by atoms with E-state index < -0.39 is 5.92 Å².